The molecule has 0 amide bonds. The van der Waals surface area contributed by atoms with Gasteiger partial charge >= 0.3 is 6.18 Å². The molecule has 1 heterocycles. The van der Waals surface area contributed by atoms with Crippen LogP contribution in [0.15, 0.2) is 6.07 Å². The second kappa shape index (κ2) is 4.77. The number of ether oxygens (including phenoxy) is 1. The molecule has 0 bridgehead atoms. The minimum absolute atomic E-state index is 0.536. The van der Waals surface area contributed by atoms with Crippen molar-refractivity contribution in [3.8, 4) is 5.88 Å². The Morgan fingerprint density at radius 2 is 1.94 bits per heavy atom. The maximum absolute atomic E-state index is 12.2. The first-order valence-corrected chi connectivity index (χ1v) is 4.19. The molecule has 0 unspecified atom stereocenters. The number of aromatic nitrogens is 2. The molecule has 90 valence electrons. The molecule has 0 saturated heterocycles. The second-order valence-corrected chi connectivity index (χ2v) is 2.94. The van der Waals surface area contributed by atoms with Crippen LogP contribution in [0.5, 0.6) is 5.88 Å². The van der Waals surface area contributed by atoms with E-state index in [4.69, 9.17) is 11.6 Å². The lowest BCUT2D eigenvalue weighted by Gasteiger charge is -2.08. The summed E-state index contributed by atoms with van der Waals surface area (Å²) < 4.78 is 64.2. The van der Waals surface area contributed by atoms with Crippen LogP contribution in [0.3, 0.4) is 0 Å². The minimum Gasteiger partial charge on any atom is -0.471 e. The summed E-state index contributed by atoms with van der Waals surface area (Å²) in [6, 6.07) is 0.819. The third-order valence-corrected chi connectivity index (χ3v) is 1.48. The highest BCUT2D eigenvalue weighted by atomic mass is 35.5. The van der Waals surface area contributed by atoms with E-state index in [1.807, 2.05) is 0 Å². The topological polar surface area (TPSA) is 35.0 Å². The van der Waals surface area contributed by atoms with E-state index in [1.54, 1.807) is 0 Å². The van der Waals surface area contributed by atoms with Gasteiger partial charge in [0.25, 0.3) is 6.43 Å². The molecule has 0 radical (unpaired) electrons. The van der Waals surface area contributed by atoms with E-state index in [9.17, 15) is 22.0 Å². The van der Waals surface area contributed by atoms with Crippen LogP contribution in [0.1, 0.15) is 5.82 Å². The molecule has 0 saturated carbocycles. The van der Waals surface area contributed by atoms with Crippen LogP contribution in [-0.2, 0) is 6.18 Å². The fourth-order valence-corrected chi connectivity index (χ4v) is 0.919. The molecule has 16 heavy (non-hydrogen) atoms. The van der Waals surface area contributed by atoms with Gasteiger partial charge in [-0.25, -0.2) is 13.8 Å². The Bertz CT molecular complexity index is 370. The van der Waals surface area contributed by atoms with Crippen LogP contribution in [0, 0.1) is 0 Å². The van der Waals surface area contributed by atoms with Crippen LogP contribution in [0.4, 0.5) is 22.0 Å². The fraction of sp³-hybridized carbons (Fsp3) is 0.429. The minimum atomic E-state index is -4.81. The zero-order valence-electron chi connectivity index (χ0n) is 7.43. The van der Waals surface area contributed by atoms with Gasteiger partial charge in [-0.1, -0.05) is 11.6 Å². The zero-order valence-corrected chi connectivity index (χ0v) is 8.19. The molecule has 0 aliphatic carbocycles. The maximum Gasteiger partial charge on any atom is 0.451 e. The number of hydrogen-bond donors (Lipinski definition) is 0. The van der Waals surface area contributed by atoms with E-state index in [2.05, 4.69) is 14.7 Å². The van der Waals surface area contributed by atoms with Gasteiger partial charge in [0.1, 0.15) is 5.15 Å². The molecule has 9 heteroatoms. The van der Waals surface area contributed by atoms with Crippen molar-refractivity contribution in [3.05, 3.63) is 17.0 Å². The van der Waals surface area contributed by atoms with E-state index in [0.29, 0.717) is 0 Å². The summed E-state index contributed by atoms with van der Waals surface area (Å²) in [5, 5.41) is -0.536. The van der Waals surface area contributed by atoms with Gasteiger partial charge in [0.2, 0.25) is 11.7 Å². The molecule has 0 aromatic carbocycles. The van der Waals surface area contributed by atoms with E-state index >= 15 is 0 Å². The number of halogens is 6. The first-order valence-electron chi connectivity index (χ1n) is 3.82. The van der Waals surface area contributed by atoms with Crippen LogP contribution < -0.4 is 4.74 Å². The van der Waals surface area contributed by atoms with Crippen molar-refractivity contribution in [1.29, 1.82) is 0 Å². The third kappa shape index (κ3) is 3.76. The van der Waals surface area contributed by atoms with Crippen molar-refractivity contribution in [2.45, 2.75) is 12.6 Å². The molecule has 0 fully saturated rings. The molecular weight excluding hydrogens is 259 g/mol. The van der Waals surface area contributed by atoms with Crippen molar-refractivity contribution < 1.29 is 26.7 Å². The van der Waals surface area contributed by atoms with Gasteiger partial charge in [0, 0.05) is 6.07 Å². The molecule has 0 aliphatic heterocycles. The summed E-state index contributed by atoms with van der Waals surface area (Å²) in [5.74, 6) is -2.18. The van der Waals surface area contributed by atoms with Gasteiger partial charge in [0.05, 0.1) is 0 Å². The van der Waals surface area contributed by atoms with Crippen molar-refractivity contribution in [1.82, 2.24) is 9.97 Å². The van der Waals surface area contributed by atoms with E-state index < -0.39 is 36.1 Å². The van der Waals surface area contributed by atoms with Crippen molar-refractivity contribution in [3.63, 3.8) is 0 Å². The fourth-order valence-electron chi connectivity index (χ4n) is 0.746. The van der Waals surface area contributed by atoms with Gasteiger partial charge in [-0.3, -0.25) is 0 Å². The monoisotopic (exact) mass is 262 g/mol. The van der Waals surface area contributed by atoms with Gasteiger partial charge in [-0.05, 0) is 0 Å². The van der Waals surface area contributed by atoms with Gasteiger partial charge in [-0.15, -0.1) is 0 Å². The van der Waals surface area contributed by atoms with Crippen molar-refractivity contribution in [2.75, 3.05) is 6.61 Å². The Labute approximate surface area is 91.2 Å². The SMILES string of the molecule is FC(F)COc1cc(Cl)nc(C(F)(F)F)n1. The van der Waals surface area contributed by atoms with E-state index in [0.717, 1.165) is 6.07 Å². The standard InChI is InChI=1S/C7H4ClF5N2O/c8-3-1-5(16-2-4(9)10)15-6(14-3)7(11,12)13/h1,4H,2H2. The van der Waals surface area contributed by atoms with Crippen LogP contribution in [0.2, 0.25) is 5.15 Å². The van der Waals surface area contributed by atoms with Crippen molar-refractivity contribution >= 4 is 11.6 Å². The normalized spacial score (nSPS) is 11.9. The lowest BCUT2D eigenvalue weighted by Crippen LogP contribution is -2.14. The van der Waals surface area contributed by atoms with Gasteiger partial charge in [-0.2, -0.15) is 18.2 Å². The summed E-state index contributed by atoms with van der Waals surface area (Å²) in [4.78, 5) is 5.79. The molecule has 0 spiro atoms. The zero-order chi connectivity index (χ0) is 12.3. The molecule has 1 rings (SSSR count). The predicted octanol–water partition coefficient (Wildman–Crippen LogP) is 2.79. The number of alkyl halides is 5. The van der Waals surface area contributed by atoms with E-state index in [-0.39, 0.29) is 0 Å². The quantitative estimate of drug-likeness (QED) is 0.621. The predicted molar refractivity (Wildman–Crippen MR) is 43.5 cm³/mol. The molecular formula is C7H4ClF5N2O. The highest BCUT2D eigenvalue weighted by Gasteiger charge is 2.35. The van der Waals surface area contributed by atoms with Gasteiger partial charge in [0.15, 0.2) is 6.61 Å². The Morgan fingerprint density at radius 1 is 1.31 bits per heavy atom. The lowest BCUT2D eigenvalue weighted by atomic mass is 10.5. The molecule has 0 atom stereocenters. The Hall–Kier alpha value is -1.18. The Morgan fingerprint density at radius 3 is 2.44 bits per heavy atom. The average molecular weight is 263 g/mol. The number of rotatable bonds is 3. The molecule has 0 N–H and O–H groups in total. The highest BCUT2D eigenvalue weighted by molar-refractivity contribution is 6.29. The average Bonchev–Trinajstić information content (AvgIpc) is 2.12. The summed E-state index contributed by atoms with van der Waals surface area (Å²) in [6.07, 6.45) is -7.63. The maximum atomic E-state index is 12.2. The smallest absolute Gasteiger partial charge is 0.451 e. The summed E-state index contributed by atoms with van der Waals surface area (Å²) in [6.45, 7) is -1.06. The molecule has 0 aliphatic rings. The van der Waals surface area contributed by atoms with Crippen LogP contribution in [0.25, 0.3) is 0 Å². The molecule has 3 nitrogen and oxygen atoms in total. The second-order valence-electron chi connectivity index (χ2n) is 2.55. The van der Waals surface area contributed by atoms with Gasteiger partial charge < -0.3 is 4.74 Å². The third-order valence-electron chi connectivity index (χ3n) is 1.28. The summed E-state index contributed by atoms with van der Waals surface area (Å²) in [5.41, 5.74) is 0. The van der Waals surface area contributed by atoms with E-state index in [1.165, 1.54) is 0 Å². The van der Waals surface area contributed by atoms with Crippen molar-refractivity contribution in [2.24, 2.45) is 0 Å². The Balaban J connectivity index is 2.90. The highest BCUT2D eigenvalue weighted by Crippen LogP contribution is 2.28. The molecule has 1 aromatic heterocycles. The molecule has 1 aromatic rings. The first kappa shape index (κ1) is 12.9. The van der Waals surface area contributed by atoms with Crippen LogP contribution in [-0.4, -0.2) is 23.0 Å². The lowest BCUT2D eigenvalue weighted by molar-refractivity contribution is -0.145. The van der Waals surface area contributed by atoms with Crippen LogP contribution >= 0.6 is 11.6 Å². The largest absolute Gasteiger partial charge is 0.471 e. The summed E-state index contributed by atoms with van der Waals surface area (Å²) in [7, 11) is 0. The first-order chi connectivity index (χ1) is 7.29. The number of hydrogen-bond acceptors (Lipinski definition) is 3. The summed E-state index contributed by atoms with van der Waals surface area (Å²) >= 11 is 5.25. The Kier molecular flexibility index (Phi) is 3.84. The number of nitrogens with zero attached hydrogens (tertiary/aromatic N) is 2.